The fourth-order valence-corrected chi connectivity index (χ4v) is 0.118. The zero-order valence-electron chi connectivity index (χ0n) is 5.40. The molecule has 0 fully saturated rings. The van der Waals surface area contributed by atoms with E-state index in [1.807, 2.05) is 0 Å². The Morgan fingerprint density at radius 1 is 2.00 bits per heavy atom. The molecule has 0 unspecified atom stereocenters. The van der Waals surface area contributed by atoms with Crippen molar-refractivity contribution in [2.75, 3.05) is 13.7 Å². The average Bonchev–Trinajstić information content (AvgIpc) is 1.41. The van der Waals surface area contributed by atoms with E-state index in [0.29, 0.717) is 6.61 Å². The molecule has 0 amide bonds. The molecule has 0 radical (unpaired) electrons. The maximum Gasteiger partial charge on any atom is 1.00 e. The quantitative estimate of drug-likeness (QED) is 0.295. The number of hydrogen-bond donors (Lipinski definition) is 0. The fourth-order valence-electron chi connectivity index (χ4n) is 0.118. The Hall–Kier alpha value is 1.34. The Morgan fingerprint density at radius 2 is 2.50 bits per heavy atom. The number of rotatable bonds is 2. The van der Waals surface area contributed by atoms with Gasteiger partial charge in [-0.15, -0.1) is 6.58 Å². The van der Waals surface area contributed by atoms with Crippen LogP contribution < -0.4 is 51.4 Å². The summed E-state index contributed by atoms with van der Waals surface area (Å²) in [6.45, 7) is 4.08. The molecule has 0 aliphatic heterocycles. The number of hydrogen-bond acceptors (Lipinski definition) is 1. The van der Waals surface area contributed by atoms with E-state index in [-0.39, 0.29) is 52.8 Å². The van der Waals surface area contributed by atoms with E-state index in [1.165, 1.54) is 0 Å². The molecule has 0 aromatic rings. The van der Waals surface area contributed by atoms with E-state index in [4.69, 9.17) is 0 Å². The second-order valence-corrected chi connectivity index (χ2v) is 0.744. The molecule has 0 atom stereocenters. The van der Waals surface area contributed by atoms with Crippen LogP contribution in [0.5, 0.6) is 0 Å². The Labute approximate surface area is 82.7 Å². The van der Waals surface area contributed by atoms with Crippen LogP contribution in [0.2, 0.25) is 0 Å². The minimum atomic E-state index is 0. The van der Waals surface area contributed by atoms with Gasteiger partial charge < -0.3 is 6.16 Å². The summed E-state index contributed by atoms with van der Waals surface area (Å²) in [5.74, 6) is 0. The van der Waals surface area contributed by atoms with Gasteiger partial charge in [0.15, 0.2) is 0 Å². The smallest absolute Gasteiger partial charge is 1.00 e. The van der Waals surface area contributed by atoms with Gasteiger partial charge >= 0.3 is 51.4 Å². The van der Waals surface area contributed by atoms with Gasteiger partial charge in [0.25, 0.3) is 0 Å². The van der Waals surface area contributed by atoms with Crippen molar-refractivity contribution in [1.29, 1.82) is 0 Å². The molecular formula is C4H9KO. The molecule has 0 bridgehead atoms. The van der Waals surface area contributed by atoms with E-state index >= 15 is 0 Å². The van der Waals surface area contributed by atoms with Crippen molar-refractivity contribution in [1.82, 2.24) is 0 Å². The van der Waals surface area contributed by atoms with E-state index in [2.05, 4.69) is 11.3 Å². The Balaban J connectivity index is -0.0000000800. The predicted molar refractivity (Wildman–Crippen MR) is 23.2 cm³/mol. The first kappa shape index (κ1) is 10.3. The maximum atomic E-state index is 4.57. The van der Waals surface area contributed by atoms with Crippen molar-refractivity contribution in [3.05, 3.63) is 12.7 Å². The summed E-state index contributed by atoms with van der Waals surface area (Å²) in [5.41, 5.74) is 0. The monoisotopic (exact) mass is 112 g/mol. The minimum Gasteiger partial charge on any atom is -1.00 e. The van der Waals surface area contributed by atoms with E-state index in [1.54, 1.807) is 13.2 Å². The third-order valence-corrected chi connectivity index (χ3v) is 0.285. The number of ether oxygens (including phenoxy) is 1. The van der Waals surface area contributed by atoms with Crippen LogP contribution in [0.4, 0.5) is 0 Å². The summed E-state index contributed by atoms with van der Waals surface area (Å²) in [6, 6.07) is 0. The van der Waals surface area contributed by atoms with Gasteiger partial charge in [-0.3, -0.25) is 0 Å². The first-order valence-corrected chi connectivity index (χ1v) is 1.51. The summed E-state index contributed by atoms with van der Waals surface area (Å²) < 4.78 is 4.57. The molecule has 0 aliphatic carbocycles. The van der Waals surface area contributed by atoms with E-state index in [0.717, 1.165) is 0 Å². The van der Waals surface area contributed by atoms with Crippen molar-refractivity contribution in [3.8, 4) is 0 Å². The zero-order chi connectivity index (χ0) is 4.12. The van der Waals surface area contributed by atoms with Gasteiger partial charge in [0.2, 0.25) is 0 Å². The zero-order valence-corrected chi connectivity index (χ0v) is 7.52. The van der Waals surface area contributed by atoms with Crippen molar-refractivity contribution in [2.45, 2.75) is 0 Å². The van der Waals surface area contributed by atoms with E-state index in [9.17, 15) is 0 Å². The van der Waals surface area contributed by atoms with Crippen LogP contribution in [0.3, 0.4) is 0 Å². The van der Waals surface area contributed by atoms with Gasteiger partial charge in [-0.25, -0.2) is 0 Å². The van der Waals surface area contributed by atoms with Crippen molar-refractivity contribution in [2.24, 2.45) is 0 Å². The third kappa shape index (κ3) is 9.01. The van der Waals surface area contributed by atoms with Crippen LogP contribution in [0.15, 0.2) is 12.7 Å². The molecule has 0 spiro atoms. The first-order chi connectivity index (χ1) is 2.41. The molecule has 0 N–H and O–H groups in total. The second-order valence-electron chi connectivity index (χ2n) is 0.744. The van der Waals surface area contributed by atoms with Crippen LogP contribution in [-0.4, -0.2) is 13.7 Å². The molecule has 0 aromatic heterocycles. The van der Waals surface area contributed by atoms with Crippen molar-refractivity contribution < 1.29 is 57.5 Å². The largest absolute Gasteiger partial charge is 1.00 e. The molecule has 6 heavy (non-hydrogen) atoms. The second kappa shape index (κ2) is 9.60. The predicted octanol–water partition coefficient (Wildman–Crippen LogP) is -2.06. The molecule has 2 heteroatoms. The minimum absolute atomic E-state index is 0. The van der Waals surface area contributed by atoms with Gasteiger partial charge in [0, 0.05) is 7.11 Å². The summed E-state index contributed by atoms with van der Waals surface area (Å²) in [6.07, 6.45) is 1.71. The summed E-state index contributed by atoms with van der Waals surface area (Å²) in [4.78, 5) is 0. The number of methoxy groups -OCH3 is 1. The maximum absolute atomic E-state index is 4.57. The first-order valence-electron chi connectivity index (χ1n) is 1.51. The van der Waals surface area contributed by atoms with Crippen LogP contribution in [0.1, 0.15) is 1.43 Å². The van der Waals surface area contributed by atoms with Crippen LogP contribution in [-0.2, 0) is 4.74 Å². The average molecular weight is 112 g/mol. The molecule has 0 saturated heterocycles. The van der Waals surface area contributed by atoms with Crippen LogP contribution in [0, 0.1) is 0 Å². The van der Waals surface area contributed by atoms with Crippen LogP contribution >= 0.6 is 0 Å². The summed E-state index contributed by atoms with van der Waals surface area (Å²) >= 11 is 0. The normalized spacial score (nSPS) is 6.17. The van der Waals surface area contributed by atoms with Gasteiger partial charge in [0.1, 0.15) is 0 Å². The Bertz CT molecular complexity index is 32.9. The fraction of sp³-hybridized carbons (Fsp3) is 0.500. The topological polar surface area (TPSA) is 9.23 Å². The van der Waals surface area contributed by atoms with Gasteiger partial charge in [-0.05, 0) is 0 Å². The van der Waals surface area contributed by atoms with E-state index < -0.39 is 0 Å². The van der Waals surface area contributed by atoms with Crippen LogP contribution in [0.25, 0.3) is 0 Å². The Morgan fingerprint density at radius 3 is 2.50 bits per heavy atom. The molecule has 0 aromatic carbocycles. The van der Waals surface area contributed by atoms with Gasteiger partial charge in [-0.1, -0.05) is 6.08 Å². The molecule has 0 aliphatic rings. The SMILES string of the molecule is C=CCOC.[H-].[K+]. The Kier molecular flexibility index (Phi) is 16.5. The summed E-state index contributed by atoms with van der Waals surface area (Å²) in [5, 5.41) is 0. The molecule has 0 saturated carbocycles. The molecular weight excluding hydrogens is 103 g/mol. The molecule has 0 heterocycles. The summed E-state index contributed by atoms with van der Waals surface area (Å²) in [7, 11) is 1.64. The van der Waals surface area contributed by atoms with Crippen molar-refractivity contribution >= 4 is 0 Å². The standard InChI is InChI=1S/C4H8O.K.H/c1-3-4-5-2;;/h3H,1,4H2,2H3;;/q;+1;-1. The van der Waals surface area contributed by atoms with Gasteiger partial charge in [-0.2, -0.15) is 0 Å². The van der Waals surface area contributed by atoms with Gasteiger partial charge in [0.05, 0.1) is 6.61 Å². The third-order valence-electron chi connectivity index (χ3n) is 0.285. The molecule has 1 nitrogen and oxygen atoms in total. The van der Waals surface area contributed by atoms with Crippen molar-refractivity contribution in [3.63, 3.8) is 0 Å². The molecule has 32 valence electrons. The molecule has 0 rings (SSSR count).